The Balaban J connectivity index is 1.32. The van der Waals surface area contributed by atoms with E-state index in [0.717, 1.165) is 51.1 Å². The van der Waals surface area contributed by atoms with Crippen molar-refractivity contribution in [3.63, 3.8) is 0 Å². The zero-order chi connectivity index (χ0) is 21.3. The highest BCUT2D eigenvalue weighted by Gasteiger charge is 2.41. The zero-order valence-corrected chi connectivity index (χ0v) is 19.2. The lowest BCUT2D eigenvalue weighted by Crippen LogP contribution is -2.56. The first-order valence-corrected chi connectivity index (χ1v) is 12.1. The molecule has 1 amide bonds. The van der Waals surface area contributed by atoms with Gasteiger partial charge in [0.25, 0.3) is 0 Å². The van der Waals surface area contributed by atoms with E-state index in [9.17, 15) is 4.79 Å². The lowest BCUT2D eigenvalue weighted by molar-refractivity contribution is -0.125. The maximum absolute atomic E-state index is 12.2. The van der Waals surface area contributed by atoms with Gasteiger partial charge in [0, 0.05) is 55.6 Å². The number of anilines is 1. The average molecular weight is 414 g/mol. The number of amides is 1. The van der Waals surface area contributed by atoms with E-state index < -0.39 is 0 Å². The summed E-state index contributed by atoms with van der Waals surface area (Å²) in [6.07, 6.45) is 11.9. The van der Waals surface area contributed by atoms with Crippen LogP contribution in [0.5, 0.6) is 0 Å². The Kier molecular flexibility index (Phi) is 6.61. The van der Waals surface area contributed by atoms with Gasteiger partial charge in [0.15, 0.2) is 0 Å². The Labute approximate surface area is 181 Å². The van der Waals surface area contributed by atoms with E-state index in [-0.39, 0.29) is 11.8 Å². The van der Waals surface area contributed by atoms with Crippen LogP contribution in [0.3, 0.4) is 0 Å². The van der Waals surface area contributed by atoms with Crippen LogP contribution in [-0.2, 0) is 4.79 Å². The summed E-state index contributed by atoms with van der Waals surface area (Å²) < 4.78 is 0. The van der Waals surface area contributed by atoms with Gasteiger partial charge in [0.2, 0.25) is 11.9 Å². The van der Waals surface area contributed by atoms with Crippen LogP contribution < -0.4 is 10.2 Å². The van der Waals surface area contributed by atoms with Gasteiger partial charge in [0.1, 0.15) is 0 Å². The van der Waals surface area contributed by atoms with Crippen LogP contribution in [0.1, 0.15) is 84.1 Å². The Morgan fingerprint density at radius 3 is 2.17 bits per heavy atom. The molecule has 4 rings (SSSR count). The minimum Gasteiger partial charge on any atom is -0.353 e. The normalized spacial score (nSPS) is 30.5. The van der Waals surface area contributed by atoms with Crippen molar-refractivity contribution in [1.82, 2.24) is 20.2 Å². The largest absolute Gasteiger partial charge is 0.353 e. The molecule has 0 aromatic carbocycles. The molecule has 6 nitrogen and oxygen atoms in total. The number of hydrogen-bond acceptors (Lipinski definition) is 5. The minimum absolute atomic E-state index is 0.112. The van der Waals surface area contributed by atoms with Gasteiger partial charge < -0.3 is 10.2 Å². The summed E-state index contributed by atoms with van der Waals surface area (Å²) in [5.41, 5.74) is 1.26. The highest BCUT2D eigenvalue weighted by Crippen LogP contribution is 2.36. The second kappa shape index (κ2) is 9.21. The number of piperazine rings is 1. The van der Waals surface area contributed by atoms with Gasteiger partial charge in [-0.1, -0.05) is 13.8 Å². The monoisotopic (exact) mass is 413 g/mol. The van der Waals surface area contributed by atoms with Crippen LogP contribution >= 0.6 is 0 Å². The summed E-state index contributed by atoms with van der Waals surface area (Å²) in [4.78, 5) is 26.9. The molecule has 2 saturated heterocycles. The topological polar surface area (TPSA) is 61.4 Å². The van der Waals surface area contributed by atoms with E-state index >= 15 is 0 Å². The molecule has 3 heterocycles. The van der Waals surface area contributed by atoms with E-state index in [1.54, 1.807) is 0 Å². The molecule has 1 N–H and O–H groups in total. The predicted octanol–water partition coefficient (Wildman–Crippen LogP) is 3.73. The van der Waals surface area contributed by atoms with Crippen molar-refractivity contribution >= 4 is 11.9 Å². The standard InChI is InChI=1S/C24H39N5O/c1-5-17(4)23(30)27-20-8-6-18(7-9-20)19-12-25-24(26-13-19)29-21-10-11-22(29)15-28(14-21)16(2)3/h12-13,16-18,20-22H,5-11,14-15H2,1-4H3,(H,27,30). The fraction of sp³-hybridized carbons (Fsp3) is 0.792. The fourth-order valence-corrected chi connectivity index (χ4v) is 5.46. The van der Waals surface area contributed by atoms with Crippen molar-refractivity contribution in [2.24, 2.45) is 5.92 Å². The first kappa shape index (κ1) is 21.5. The molecule has 3 unspecified atom stereocenters. The lowest BCUT2D eigenvalue weighted by atomic mass is 9.82. The molecule has 166 valence electrons. The Bertz CT molecular complexity index is 699. The summed E-state index contributed by atoms with van der Waals surface area (Å²) in [5, 5.41) is 3.24. The predicted molar refractivity (Wildman–Crippen MR) is 121 cm³/mol. The van der Waals surface area contributed by atoms with Crippen LogP contribution in [-0.4, -0.2) is 58.0 Å². The maximum atomic E-state index is 12.2. The van der Waals surface area contributed by atoms with E-state index in [1.165, 1.54) is 18.4 Å². The number of carbonyl (C=O) groups is 1. The fourth-order valence-electron chi connectivity index (χ4n) is 5.46. The van der Waals surface area contributed by atoms with Crippen LogP contribution in [0.15, 0.2) is 12.4 Å². The minimum atomic E-state index is 0.112. The Hall–Kier alpha value is -1.69. The van der Waals surface area contributed by atoms with Crippen molar-refractivity contribution in [1.29, 1.82) is 0 Å². The zero-order valence-electron chi connectivity index (χ0n) is 19.2. The smallest absolute Gasteiger partial charge is 0.225 e. The molecule has 3 fully saturated rings. The summed E-state index contributed by atoms with van der Waals surface area (Å²) >= 11 is 0. The van der Waals surface area contributed by atoms with Gasteiger partial charge in [-0.3, -0.25) is 9.69 Å². The number of nitrogens with one attached hydrogen (secondary N) is 1. The van der Waals surface area contributed by atoms with Crippen LogP contribution in [0.4, 0.5) is 5.95 Å². The Morgan fingerprint density at radius 1 is 1.03 bits per heavy atom. The number of carbonyl (C=O) groups excluding carboxylic acids is 1. The van der Waals surface area contributed by atoms with Gasteiger partial charge in [-0.25, -0.2) is 9.97 Å². The summed E-state index contributed by atoms with van der Waals surface area (Å²) in [6, 6.07) is 2.06. The third kappa shape index (κ3) is 4.48. The molecule has 1 aliphatic carbocycles. The number of hydrogen-bond donors (Lipinski definition) is 1. The maximum Gasteiger partial charge on any atom is 0.225 e. The first-order chi connectivity index (χ1) is 14.5. The second-order valence-corrected chi connectivity index (χ2v) is 10.0. The average Bonchev–Trinajstić information content (AvgIpc) is 3.02. The van der Waals surface area contributed by atoms with Crippen LogP contribution in [0.2, 0.25) is 0 Å². The second-order valence-electron chi connectivity index (χ2n) is 10.0. The molecular formula is C24H39N5O. The van der Waals surface area contributed by atoms with Gasteiger partial charge in [0.05, 0.1) is 0 Å². The molecule has 1 aromatic rings. The van der Waals surface area contributed by atoms with Crippen molar-refractivity contribution in [2.45, 2.75) is 103 Å². The molecule has 1 aromatic heterocycles. The van der Waals surface area contributed by atoms with Gasteiger partial charge in [-0.05, 0) is 70.3 Å². The van der Waals surface area contributed by atoms with Crippen molar-refractivity contribution in [3.05, 3.63) is 18.0 Å². The van der Waals surface area contributed by atoms with E-state index in [1.807, 2.05) is 6.92 Å². The lowest BCUT2D eigenvalue weighted by Gasteiger charge is -2.42. The highest BCUT2D eigenvalue weighted by molar-refractivity contribution is 5.78. The van der Waals surface area contributed by atoms with E-state index in [0.29, 0.717) is 30.1 Å². The van der Waals surface area contributed by atoms with Crippen molar-refractivity contribution in [2.75, 3.05) is 18.0 Å². The van der Waals surface area contributed by atoms with Gasteiger partial charge >= 0.3 is 0 Å². The molecule has 2 bridgehead atoms. The summed E-state index contributed by atoms with van der Waals surface area (Å²) in [6.45, 7) is 10.9. The van der Waals surface area contributed by atoms with Crippen LogP contribution in [0, 0.1) is 5.92 Å². The van der Waals surface area contributed by atoms with Gasteiger partial charge in [-0.15, -0.1) is 0 Å². The molecule has 3 aliphatic rings. The summed E-state index contributed by atoms with van der Waals surface area (Å²) in [7, 11) is 0. The van der Waals surface area contributed by atoms with Gasteiger partial charge in [-0.2, -0.15) is 0 Å². The van der Waals surface area contributed by atoms with Crippen LogP contribution in [0.25, 0.3) is 0 Å². The SMILES string of the molecule is CCC(C)C(=O)NC1CCC(c2cnc(N3C4CCC3CN(C(C)C)C4)nc2)CC1. The molecule has 6 heteroatoms. The first-order valence-electron chi connectivity index (χ1n) is 12.1. The molecule has 3 atom stereocenters. The van der Waals surface area contributed by atoms with Crippen molar-refractivity contribution < 1.29 is 4.79 Å². The molecule has 30 heavy (non-hydrogen) atoms. The molecule has 0 spiro atoms. The summed E-state index contributed by atoms with van der Waals surface area (Å²) in [5.74, 6) is 1.76. The number of likely N-dealkylation sites (tertiary alicyclic amines) is 1. The van der Waals surface area contributed by atoms with E-state index in [4.69, 9.17) is 9.97 Å². The Morgan fingerprint density at radius 2 is 1.63 bits per heavy atom. The number of aromatic nitrogens is 2. The number of rotatable bonds is 6. The highest BCUT2D eigenvalue weighted by atomic mass is 16.1. The third-order valence-electron chi connectivity index (χ3n) is 7.73. The quantitative estimate of drug-likeness (QED) is 0.770. The van der Waals surface area contributed by atoms with Crippen molar-refractivity contribution in [3.8, 4) is 0 Å². The molecule has 2 aliphatic heterocycles. The number of fused-ring (bicyclic) bond motifs is 2. The third-order valence-corrected chi connectivity index (χ3v) is 7.73. The molecule has 1 saturated carbocycles. The molecular weight excluding hydrogens is 374 g/mol. The molecule has 0 radical (unpaired) electrons. The number of nitrogens with zero attached hydrogens (tertiary/aromatic N) is 4. The van der Waals surface area contributed by atoms with E-state index in [2.05, 4.69) is 48.3 Å².